The zero-order valence-corrected chi connectivity index (χ0v) is 16.4. The number of hydrogen-bond donors (Lipinski definition) is 1. The number of rotatable bonds is 6. The number of ether oxygens (including phenoxy) is 3. The van der Waals surface area contributed by atoms with Crippen LogP contribution in [0.15, 0.2) is 42.5 Å². The van der Waals surface area contributed by atoms with Gasteiger partial charge in [0.25, 0.3) is 0 Å². The third kappa shape index (κ3) is 6.26. The second kappa shape index (κ2) is 9.21. The van der Waals surface area contributed by atoms with E-state index >= 15 is 0 Å². The van der Waals surface area contributed by atoms with Gasteiger partial charge in [-0.15, -0.1) is 0 Å². The van der Waals surface area contributed by atoms with E-state index in [2.05, 4.69) is 5.32 Å². The molecule has 1 N–H and O–H groups in total. The lowest BCUT2D eigenvalue weighted by Crippen LogP contribution is -2.34. The Labute approximate surface area is 163 Å². The molecular formula is C21H24FNO5. The third-order valence-electron chi connectivity index (χ3n) is 3.58. The number of esters is 1. The van der Waals surface area contributed by atoms with Crippen LogP contribution in [-0.2, 0) is 9.47 Å². The summed E-state index contributed by atoms with van der Waals surface area (Å²) in [4.78, 5) is 23.5. The van der Waals surface area contributed by atoms with Crippen molar-refractivity contribution in [2.75, 3.05) is 20.3 Å². The molecule has 0 unspecified atom stereocenters. The monoisotopic (exact) mass is 389 g/mol. The van der Waals surface area contributed by atoms with E-state index in [4.69, 9.17) is 14.2 Å². The Morgan fingerprint density at radius 2 is 1.75 bits per heavy atom. The molecule has 1 amide bonds. The molecule has 0 radical (unpaired) electrons. The molecule has 0 heterocycles. The minimum absolute atomic E-state index is 0.186. The first kappa shape index (κ1) is 21.2. The molecule has 150 valence electrons. The summed E-state index contributed by atoms with van der Waals surface area (Å²) in [5, 5.41) is 2.61. The number of amides is 1. The van der Waals surface area contributed by atoms with Crippen LogP contribution in [0.25, 0.3) is 11.1 Å². The normalized spacial score (nSPS) is 10.9. The number of nitrogens with one attached hydrogen (secondary N) is 1. The van der Waals surface area contributed by atoms with Gasteiger partial charge >= 0.3 is 12.1 Å². The molecule has 28 heavy (non-hydrogen) atoms. The first-order valence-corrected chi connectivity index (χ1v) is 8.77. The van der Waals surface area contributed by atoms with Gasteiger partial charge in [0.1, 0.15) is 23.8 Å². The summed E-state index contributed by atoms with van der Waals surface area (Å²) in [7, 11) is 1.30. The first-order chi connectivity index (χ1) is 13.2. The number of carbonyl (C=O) groups is 2. The van der Waals surface area contributed by atoms with Crippen LogP contribution in [0.5, 0.6) is 5.75 Å². The van der Waals surface area contributed by atoms with Crippen LogP contribution < -0.4 is 10.1 Å². The Kier molecular flexibility index (Phi) is 6.98. The Morgan fingerprint density at radius 3 is 2.36 bits per heavy atom. The van der Waals surface area contributed by atoms with Crippen molar-refractivity contribution in [3.05, 3.63) is 53.8 Å². The molecule has 0 spiro atoms. The molecule has 0 atom stereocenters. The number of halogens is 1. The van der Waals surface area contributed by atoms with Crippen LogP contribution in [0.3, 0.4) is 0 Å². The van der Waals surface area contributed by atoms with Crippen molar-refractivity contribution in [2.24, 2.45) is 0 Å². The summed E-state index contributed by atoms with van der Waals surface area (Å²) < 4.78 is 28.9. The van der Waals surface area contributed by atoms with Crippen molar-refractivity contribution in [3.8, 4) is 16.9 Å². The Hall–Kier alpha value is -3.09. The smallest absolute Gasteiger partial charge is 0.407 e. The fraction of sp³-hybridized carbons (Fsp3) is 0.333. The fourth-order valence-corrected chi connectivity index (χ4v) is 2.38. The highest BCUT2D eigenvalue weighted by atomic mass is 19.1. The average Bonchev–Trinajstić information content (AvgIpc) is 2.64. The van der Waals surface area contributed by atoms with Gasteiger partial charge in [-0.25, -0.2) is 14.0 Å². The van der Waals surface area contributed by atoms with Crippen molar-refractivity contribution < 1.29 is 28.2 Å². The van der Waals surface area contributed by atoms with Crippen LogP contribution in [0.2, 0.25) is 0 Å². The summed E-state index contributed by atoms with van der Waals surface area (Å²) in [6, 6.07) is 10.7. The van der Waals surface area contributed by atoms with Gasteiger partial charge in [0.15, 0.2) is 0 Å². The van der Waals surface area contributed by atoms with Crippen LogP contribution in [0.1, 0.15) is 31.1 Å². The molecule has 2 aromatic carbocycles. The molecule has 0 aliphatic heterocycles. The second-order valence-corrected chi connectivity index (χ2v) is 6.99. The number of alkyl carbamates (subject to hydrolysis) is 1. The van der Waals surface area contributed by atoms with Crippen LogP contribution in [0, 0.1) is 5.82 Å². The van der Waals surface area contributed by atoms with Gasteiger partial charge in [-0.2, -0.15) is 0 Å². The summed E-state index contributed by atoms with van der Waals surface area (Å²) in [6.07, 6.45) is -0.532. The number of benzene rings is 2. The van der Waals surface area contributed by atoms with Gasteiger partial charge in [0, 0.05) is 5.56 Å². The van der Waals surface area contributed by atoms with Crippen LogP contribution in [-0.4, -0.2) is 37.9 Å². The zero-order chi connectivity index (χ0) is 20.7. The molecule has 0 fully saturated rings. The zero-order valence-electron chi connectivity index (χ0n) is 16.4. The summed E-state index contributed by atoms with van der Waals surface area (Å²) in [6.45, 7) is 5.75. The highest BCUT2D eigenvalue weighted by Crippen LogP contribution is 2.31. The quantitative estimate of drug-likeness (QED) is 0.593. The second-order valence-electron chi connectivity index (χ2n) is 6.99. The maximum Gasteiger partial charge on any atom is 0.407 e. The standard InChI is InChI=1S/C21H24FNO5/c1-21(2,3)28-20(25)23-11-12-27-18-10-7-15(19(24)26-4)13-17(18)14-5-8-16(22)9-6-14/h5-10,13H,11-12H2,1-4H3,(H,23,25). The van der Waals surface area contributed by atoms with E-state index in [1.807, 2.05) is 0 Å². The molecular weight excluding hydrogens is 365 g/mol. The fourth-order valence-electron chi connectivity index (χ4n) is 2.38. The molecule has 0 aliphatic rings. The van der Waals surface area contributed by atoms with E-state index in [1.165, 1.54) is 19.2 Å². The van der Waals surface area contributed by atoms with Gasteiger partial charge in [-0.05, 0) is 56.7 Å². The van der Waals surface area contributed by atoms with Crippen molar-refractivity contribution in [3.63, 3.8) is 0 Å². The van der Waals surface area contributed by atoms with Gasteiger partial charge in [0.2, 0.25) is 0 Å². The predicted molar refractivity (Wildman–Crippen MR) is 103 cm³/mol. The van der Waals surface area contributed by atoms with Crippen molar-refractivity contribution in [2.45, 2.75) is 26.4 Å². The lowest BCUT2D eigenvalue weighted by atomic mass is 10.0. The largest absolute Gasteiger partial charge is 0.491 e. The van der Waals surface area contributed by atoms with E-state index in [1.54, 1.807) is 51.1 Å². The minimum Gasteiger partial charge on any atom is -0.491 e. The molecule has 0 saturated heterocycles. The summed E-state index contributed by atoms with van der Waals surface area (Å²) in [5.74, 6) is -0.358. The molecule has 2 rings (SSSR count). The van der Waals surface area contributed by atoms with Gasteiger partial charge in [0.05, 0.1) is 19.2 Å². The third-order valence-corrected chi connectivity index (χ3v) is 3.58. The van der Waals surface area contributed by atoms with Gasteiger partial charge in [-0.1, -0.05) is 12.1 Å². The van der Waals surface area contributed by atoms with Crippen molar-refractivity contribution in [1.29, 1.82) is 0 Å². The molecule has 0 aliphatic carbocycles. The predicted octanol–water partition coefficient (Wildman–Crippen LogP) is 4.18. The maximum absolute atomic E-state index is 13.2. The van der Waals surface area contributed by atoms with Crippen molar-refractivity contribution >= 4 is 12.1 Å². The number of methoxy groups -OCH3 is 1. The van der Waals surface area contributed by atoms with E-state index < -0.39 is 17.7 Å². The molecule has 7 heteroatoms. The van der Waals surface area contributed by atoms with E-state index in [-0.39, 0.29) is 19.0 Å². The molecule has 0 aromatic heterocycles. The van der Waals surface area contributed by atoms with E-state index in [9.17, 15) is 14.0 Å². The number of carbonyl (C=O) groups excluding carboxylic acids is 2. The molecule has 0 saturated carbocycles. The lowest BCUT2D eigenvalue weighted by molar-refractivity contribution is 0.0519. The molecule has 6 nitrogen and oxygen atoms in total. The number of hydrogen-bond acceptors (Lipinski definition) is 5. The molecule has 0 bridgehead atoms. The molecule has 2 aromatic rings. The highest BCUT2D eigenvalue weighted by Gasteiger charge is 2.16. The van der Waals surface area contributed by atoms with Crippen molar-refractivity contribution in [1.82, 2.24) is 5.32 Å². The van der Waals surface area contributed by atoms with E-state index in [0.29, 0.717) is 22.4 Å². The minimum atomic E-state index is -0.579. The maximum atomic E-state index is 13.2. The average molecular weight is 389 g/mol. The van der Waals surface area contributed by atoms with E-state index in [0.717, 1.165) is 0 Å². The summed E-state index contributed by atoms with van der Waals surface area (Å²) in [5.41, 5.74) is 1.06. The van der Waals surface area contributed by atoms with Gasteiger partial charge in [-0.3, -0.25) is 0 Å². The Morgan fingerprint density at radius 1 is 1.07 bits per heavy atom. The SMILES string of the molecule is COC(=O)c1ccc(OCCNC(=O)OC(C)(C)C)c(-c2ccc(F)cc2)c1. The topological polar surface area (TPSA) is 73.9 Å². The lowest BCUT2D eigenvalue weighted by Gasteiger charge is -2.20. The Bertz CT molecular complexity index is 828. The van der Waals surface area contributed by atoms with Gasteiger partial charge < -0.3 is 19.5 Å². The highest BCUT2D eigenvalue weighted by molar-refractivity contribution is 5.92. The summed E-state index contributed by atoms with van der Waals surface area (Å²) >= 11 is 0. The van der Waals surface area contributed by atoms with Crippen LogP contribution >= 0.6 is 0 Å². The Balaban J connectivity index is 2.11. The first-order valence-electron chi connectivity index (χ1n) is 8.77. The van der Waals surface area contributed by atoms with Crippen LogP contribution in [0.4, 0.5) is 9.18 Å².